The second-order valence-corrected chi connectivity index (χ2v) is 3.62. The van der Waals surface area contributed by atoms with Crippen molar-refractivity contribution < 1.29 is 5.11 Å². The third-order valence-electron chi connectivity index (χ3n) is 2.65. The molecule has 0 radical (unpaired) electrons. The third-order valence-corrected chi connectivity index (χ3v) is 2.65. The van der Waals surface area contributed by atoms with Gasteiger partial charge in [-0.2, -0.15) is 5.10 Å². The lowest BCUT2D eigenvalue weighted by molar-refractivity contribution is 0.153. The van der Waals surface area contributed by atoms with Crippen LogP contribution in [0.4, 0.5) is 0 Å². The smallest absolute Gasteiger partial charge is 0.0935 e. The average Bonchev–Trinajstić information content (AvgIpc) is 2.76. The topological polar surface area (TPSA) is 37.5 Å². The standard InChI is InChI=1S/C10H10N2O/c13-10(4-5-10)8-7-11-12-6-2-1-3-9(8)12/h1-3,6-7,13H,4-5H2. The van der Waals surface area contributed by atoms with Crippen LogP contribution in [0.25, 0.3) is 5.52 Å². The van der Waals surface area contributed by atoms with Crippen molar-refractivity contribution in [1.29, 1.82) is 0 Å². The van der Waals surface area contributed by atoms with Crippen molar-refractivity contribution in [2.75, 3.05) is 0 Å². The Balaban J connectivity index is 2.30. The first kappa shape index (κ1) is 7.09. The van der Waals surface area contributed by atoms with Crippen LogP contribution in [0.2, 0.25) is 0 Å². The van der Waals surface area contributed by atoms with E-state index in [4.69, 9.17) is 0 Å². The van der Waals surface area contributed by atoms with Crippen LogP contribution in [0.3, 0.4) is 0 Å². The Hall–Kier alpha value is -1.35. The van der Waals surface area contributed by atoms with Gasteiger partial charge in [-0.15, -0.1) is 0 Å². The number of fused-ring (bicyclic) bond motifs is 1. The molecule has 3 rings (SSSR count). The van der Waals surface area contributed by atoms with E-state index in [1.165, 1.54) is 0 Å². The fourth-order valence-corrected chi connectivity index (χ4v) is 1.68. The number of pyridine rings is 1. The maximum absolute atomic E-state index is 9.93. The minimum absolute atomic E-state index is 0.580. The molecule has 2 heterocycles. The molecular formula is C10H10N2O. The van der Waals surface area contributed by atoms with E-state index in [9.17, 15) is 5.11 Å². The van der Waals surface area contributed by atoms with Crippen LogP contribution in [-0.2, 0) is 5.60 Å². The predicted molar refractivity (Wildman–Crippen MR) is 48.3 cm³/mol. The fourth-order valence-electron chi connectivity index (χ4n) is 1.68. The Morgan fingerprint density at radius 1 is 1.38 bits per heavy atom. The van der Waals surface area contributed by atoms with E-state index >= 15 is 0 Å². The first-order chi connectivity index (χ1) is 6.30. The molecular weight excluding hydrogens is 164 g/mol. The Bertz CT molecular complexity index is 457. The quantitative estimate of drug-likeness (QED) is 0.707. The monoisotopic (exact) mass is 174 g/mol. The first-order valence-electron chi connectivity index (χ1n) is 4.45. The SMILES string of the molecule is OC1(c2cnn3ccccc23)CC1. The minimum atomic E-state index is -0.580. The van der Waals surface area contributed by atoms with Gasteiger partial charge in [0.1, 0.15) is 0 Å². The van der Waals surface area contributed by atoms with Crippen LogP contribution in [0, 0.1) is 0 Å². The summed E-state index contributed by atoms with van der Waals surface area (Å²) in [4.78, 5) is 0. The van der Waals surface area contributed by atoms with Gasteiger partial charge < -0.3 is 5.11 Å². The molecule has 0 atom stereocenters. The van der Waals surface area contributed by atoms with Gasteiger partial charge in [0.25, 0.3) is 0 Å². The van der Waals surface area contributed by atoms with Gasteiger partial charge in [0.2, 0.25) is 0 Å². The molecule has 2 aromatic heterocycles. The van der Waals surface area contributed by atoms with Crippen LogP contribution in [0.1, 0.15) is 18.4 Å². The summed E-state index contributed by atoms with van der Waals surface area (Å²) < 4.78 is 1.80. The van der Waals surface area contributed by atoms with E-state index in [2.05, 4.69) is 5.10 Å². The number of rotatable bonds is 1. The van der Waals surface area contributed by atoms with Gasteiger partial charge in [-0.05, 0) is 25.0 Å². The van der Waals surface area contributed by atoms with Gasteiger partial charge in [-0.3, -0.25) is 0 Å². The summed E-state index contributed by atoms with van der Waals surface area (Å²) in [5.41, 5.74) is 1.40. The third kappa shape index (κ3) is 0.906. The lowest BCUT2D eigenvalue weighted by atomic mass is 10.1. The molecule has 0 saturated heterocycles. The largest absolute Gasteiger partial charge is 0.385 e. The zero-order valence-electron chi connectivity index (χ0n) is 7.14. The Morgan fingerprint density at radius 2 is 2.23 bits per heavy atom. The second-order valence-electron chi connectivity index (χ2n) is 3.62. The van der Waals surface area contributed by atoms with E-state index < -0.39 is 5.60 Å². The summed E-state index contributed by atoms with van der Waals surface area (Å²) >= 11 is 0. The number of nitrogens with zero attached hydrogens (tertiary/aromatic N) is 2. The fraction of sp³-hybridized carbons (Fsp3) is 0.300. The van der Waals surface area contributed by atoms with Gasteiger partial charge in [-0.25, -0.2) is 4.52 Å². The molecule has 0 aromatic carbocycles. The van der Waals surface area contributed by atoms with Crippen molar-refractivity contribution in [1.82, 2.24) is 9.61 Å². The Kier molecular flexibility index (Phi) is 1.15. The molecule has 13 heavy (non-hydrogen) atoms. The molecule has 1 fully saturated rings. The molecule has 1 N–H and O–H groups in total. The molecule has 66 valence electrons. The summed E-state index contributed by atoms with van der Waals surface area (Å²) in [7, 11) is 0. The zero-order valence-corrected chi connectivity index (χ0v) is 7.14. The van der Waals surface area contributed by atoms with Crippen LogP contribution in [-0.4, -0.2) is 14.7 Å². The van der Waals surface area contributed by atoms with Crippen molar-refractivity contribution >= 4 is 5.52 Å². The van der Waals surface area contributed by atoms with Gasteiger partial charge in [0, 0.05) is 11.8 Å². The Labute approximate surface area is 75.6 Å². The predicted octanol–water partition coefficient (Wildman–Crippen LogP) is 1.32. The highest BCUT2D eigenvalue weighted by Crippen LogP contribution is 2.46. The van der Waals surface area contributed by atoms with Gasteiger partial charge in [-0.1, -0.05) is 6.07 Å². The van der Waals surface area contributed by atoms with E-state index in [-0.39, 0.29) is 0 Å². The molecule has 3 heteroatoms. The van der Waals surface area contributed by atoms with Crippen LogP contribution in [0.5, 0.6) is 0 Å². The first-order valence-corrected chi connectivity index (χ1v) is 4.45. The van der Waals surface area contributed by atoms with Crippen molar-refractivity contribution in [2.45, 2.75) is 18.4 Å². The molecule has 0 aliphatic heterocycles. The van der Waals surface area contributed by atoms with E-state index in [1.54, 1.807) is 10.7 Å². The Morgan fingerprint density at radius 3 is 3.00 bits per heavy atom. The molecule has 0 amide bonds. The highest BCUT2D eigenvalue weighted by atomic mass is 16.3. The molecule has 0 spiro atoms. The molecule has 1 aliphatic rings. The van der Waals surface area contributed by atoms with Gasteiger partial charge in [0.05, 0.1) is 17.3 Å². The minimum Gasteiger partial charge on any atom is -0.385 e. The van der Waals surface area contributed by atoms with E-state index in [1.807, 2.05) is 24.4 Å². The summed E-state index contributed by atoms with van der Waals surface area (Å²) in [5, 5.41) is 14.1. The maximum atomic E-state index is 9.93. The van der Waals surface area contributed by atoms with E-state index in [0.29, 0.717) is 0 Å². The molecule has 3 nitrogen and oxygen atoms in total. The number of hydrogen-bond donors (Lipinski definition) is 1. The lowest BCUT2D eigenvalue weighted by Crippen LogP contribution is -2.02. The van der Waals surface area contributed by atoms with Crippen molar-refractivity contribution in [3.63, 3.8) is 0 Å². The van der Waals surface area contributed by atoms with Crippen LogP contribution >= 0.6 is 0 Å². The van der Waals surface area contributed by atoms with E-state index in [0.717, 1.165) is 23.9 Å². The van der Waals surface area contributed by atoms with Crippen LogP contribution < -0.4 is 0 Å². The summed E-state index contributed by atoms with van der Waals surface area (Å²) in [6, 6.07) is 5.88. The molecule has 1 saturated carbocycles. The number of aliphatic hydroxyl groups is 1. The number of aromatic nitrogens is 2. The lowest BCUT2D eigenvalue weighted by Gasteiger charge is -2.03. The van der Waals surface area contributed by atoms with Crippen molar-refractivity contribution in [2.24, 2.45) is 0 Å². The molecule has 0 unspecified atom stereocenters. The molecule has 2 aromatic rings. The average molecular weight is 174 g/mol. The second kappa shape index (κ2) is 2.12. The highest BCUT2D eigenvalue weighted by molar-refractivity contribution is 5.57. The molecule has 1 aliphatic carbocycles. The summed E-state index contributed by atoms with van der Waals surface area (Å²) in [6.07, 6.45) is 5.39. The van der Waals surface area contributed by atoms with Gasteiger partial charge in [0.15, 0.2) is 0 Å². The van der Waals surface area contributed by atoms with Crippen LogP contribution in [0.15, 0.2) is 30.6 Å². The summed E-state index contributed by atoms with van der Waals surface area (Å²) in [5.74, 6) is 0. The van der Waals surface area contributed by atoms with Crippen molar-refractivity contribution in [3.8, 4) is 0 Å². The maximum Gasteiger partial charge on any atom is 0.0935 e. The zero-order chi connectivity index (χ0) is 8.89. The molecule has 0 bridgehead atoms. The van der Waals surface area contributed by atoms with Crippen molar-refractivity contribution in [3.05, 3.63) is 36.2 Å². The highest BCUT2D eigenvalue weighted by Gasteiger charge is 2.44. The van der Waals surface area contributed by atoms with Gasteiger partial charge >= 0.3 is 0 Å². The number of hydrogen-bond acceptors (Lipinski definition) is 2. The normalized spacial score (nSPS) is 19.2. The summed E-state index contributed by atoms with van der Waals surface area (Å²) in [6.45, 7) is 0.